The number of aryl methyl sites for hydroxylation is 2. The summed E-state index contributed by atoms with van der Waals surface area (Å²) in [6.07, 6.45) is -0.225. The van der Waals surface area contributed by atoms with Gasteiger partial charge in [-0.05, 0) is 43.9 Å². The minimum Gasteiger partial charge on any atom is -0.456 e. The van der Waals surface area contributed by atoms with Gasteiger partial charge in [-0.15, -0.1) is 0 Å². The van der Waals surface area contributed by atoms with Gasteiger partial charge in [0, 0.05) is 6.54 Å². The lowest BCUT2D eigenvalue weighted by molar-refractivity contribution is -0.148. The Morgan fingerprint density at radius 2 is 1.93 bits per heavy atom. The predicted octanol–water partition coefficient (Wildman–Crippen LogP) is 1.57. The number of hydrogen-bond donors (Lipinski definition) is 2. The highest BCUT2D eigenvalue weighted by Gasteiger charge is 2.30. The number of nitrogens with zero attached hydrogens (tertiary/aromatic N) is 1. The summed E-state index contributed by atoms with van der Waals surface area (Å²) in [7, 11) is -3.75. The van der Waals surface area contributed by atoms with Gasteiger partial charge in [0.1, 0.15) is 5.54 Å². The van der Waals surface area contributed by atoms with Gasteiger partial charge in [0.25, 0.3) is 5.91 Å². The fraction of sp³-hybridized carbons (Fsp3) is 0.526. The molecule has 0 bridgehead atoms. The molecular weight excluding hydrogens is 382 g/mol. The Balaban J connectivity index is 2.50. The number of nitrogens with one attached hydrogen (secondary N) is 2. The zero-order chi connectivity index (χ0) is 21.5. The van der Waals surface area contributed by atoms with Gasteiger partial charge in [-0.3, -0.25) is 9.59 Å². The first-order chi connectivity index (χ1) is 12.9. The van der Waals surface area contributed by atoms with Crippen molar-refractivity contribution in [3.8, 4) is 6.07 Å². The molecule has 0 fully saturated rings. The second-order valence-electron chi connectivity index (χ2n) is 7.09. The van der Waals surface area contributed by atoms with Gasteiger partial charge in [0.2, 0.25) is 10.0 Å². The van der Waals surface area contributed by atoms with E-state index < -0.39 is 34.0 Å². The van der Waals surface area contributed by atoms with Crippen LogP contribution in [0.4, 0.5) is 0 Å². The van der Waals surface area contributed by atoms with E-state index in [0.717, 1.165) is 5.56 Å². The molecule has 0 aliphatic carbocycles. The average Bonchev–Trinajstić information content (AvgIpc) is 2.61. The second-order valence-corrected chi connectivity index (χ2v) is 8.83. The zero-order valence-electron chi connectivity index (χ0n) is 16.8. The van der Waals surface area contributed by atoms with Crippen LogP contribution in [0.5, 0.6) is 0 Å². The topological polar surface area (TPSA) is 125 Å². The van der Waals surface area contributed by atoms with Crippen molar-refractivity contribution >= 4 is 21.9 Å². The van der Waals surface area contributed by atoms with E-state index in [-0.39, 0.29) is 23.8 Å². The smallest absolute Gasteiger partial charge is 0.307 e. The van der Waals surface area contributed by atoms with Crippen LogP contribution in [0, 0.1) is 31.1 Å². The number of amides is 1. The second kappa shape index (κ2) is 9.66. The maximum Gasteiger partial charge on any atom is 0.307 e. The molecule has 0 saturated heterocycles. The molecule has 0 aromatic heterocycles. The fourth-order valence-corrected chi connectivity index (χ4v) is 3.57. The van der Waals surface area contributed by atoms with Gasteiger partial charge >= 0.3 is 5.97 Å². The third kappa shape index (κ3) is 6.62. The Labute approximate surface area is 166 Å². The third-order valence-electron chi connectivity index (χ3n) is 4.40. The van der Waals surface area contributed by atoms with Gasteiger partial charge in [-0.2, -0.15) is 5.26 Å². The normalized spacial score (nSPS) is 13.5. The third-order valence-corrected chi connectivity index (χ3v) is 6.01. The summed E-state index contributed by atoms with van der Waals surface area (Å²) in [4.78, 5) is 23.8. The standard InChI is InChI=1S/C19H27N3O5S/c1-13(2)19(5,12-20)22-17(23)11-27-18(24)8-9-21-28(25,26)16-10-14(3)6-7-15(16)4/h6-7,10,13,21H,8-9,11H2,1-5H3,(H,22,23)/t19-/m1/s1. The van der Waals surface area contributed by atoms with Crippen LogP contribution >= 0.6 is 0 Å². The van der Waals surface area contributed by atoms with Crippen molar-refractivity contribution in [3.05, 3.63) is 29.3 Å². The minimum absolute atomic E-state index is 0.128. The number of esters is 1. The Bertz CT molecular complexity index is 874. The van der Waals surface area contributed by atoms with Crippen LogP contribution in [0.2, 0.25) is 0 Å². The van der Waals surface area contributed by atoms with Crippen molar-refractivity contribution in [1.29, 1.82) is 5.26 Å². The molecule has 1 amide bonds. The number of carbonyl (C=O) groups is 2. The molecule has 28 heavy (non-hydrogen) atoms. The SMILES string of the molecule is Cc1ccc(C)c(S(=O)(=O)NCCC(=O)OCC(=O)N[C@](C)(C#N)C(C)C)c1. The number of carbonyl (C=O) groups excluding carboxylic acids is 2. The highest BCUT2D eigenvalue weighted by molar-refractivity contribution is 7.89. The molecule has 0 aliphatic heterocycles. The number of ether oxygens (including phenoxy) is 1. The first-order valence-corrected chi connectivity index (χ1v) is 10.3. The molecular formula is C19H27N3O5S. The summed E-state index contributed by atoms with van der Waals surface area (Å²) in [6.45, 7) is 7.95. The largest absolute Gasteiger partial charge is 0.456 e. The van der Waals surface area contributed by atoms with E-state index in [1.807, 2.05) is 12.1 Å². The number of rotatable bonds is 9. The van der Waals surface area contributed by atoms with E-state index in [4.69, 9.17) is 10.00 Å². The molecule has 0 aliphatic rings. The van der Waals surface area contributed by atoms with Crippen molar-refractivity contribution < 1.29 is 22.7 Å². The highest BCUT2D eigenvalue weighted by atomic mass is 32.2. The molecule has 0 saturated carbocycles. The van der Waals surface area contributed by atoms with Crippen LogP contribution in [0.1, 0.15) is 38.3 Å². The van der Waals surface area contributed by atoms with Crippen LogP contribution in [0.3, 0.4) is 0 Å². The molecule has 2 N–H and O–H groups in total. The van der Waals surface area contributed by atoms with E-state index in [9.17, 15) is 18.0 Å². The molecule has 1 aromatic rings. The van der Waals surface area contributed by atoms with Crippen molar-refractivity contribution in [1.82, 2.24) is 10.0 Å². The summed E-state index contributed by atoms with van der Waals surface area (Å²) in [5.74, 6) is -1.44. The summed E-state index contributed by atoms with van der Waals surface area (Å²) in [6, 6.07) is 7.10. The summed E-state index contributed by atoms with van der Waals surface area (Å²) in [5.41, 5.74) is 0.343. The van der Waals surface area contributed by atoms with Crippen LogP contribution in [0.15, 0.2) is 23.1 Å². The quantitative estimate of drug-likeness (QED) is 0.596. The van der Waals surface area contributed by atoms with Gasteiger partial charge in [-0.1, -0.05) is 26.0 Å². The molecule has 9 heteroatoms. The van der Waals surface area contributed by atoms with E-state index in [1.165, 1.54) is 0 Å². The number of nitriles is 1. The summed E-state index contributed by atoms with van der Waals surface area (Å²) < 4.78 is 31.9. The van der Waals surface area contributed by atoms with Gasteiger partial charge in [-0.25, -0.2) is 13.1 Å². The minimum atomic E-state index is -3.75. The maximum atomic E-state index is 12.3. The summed E-state index contributed by atoms with van der Waals surface area (Å²) >= 11 is 0. The lowest BCUT2D eigenvalue weighted by Crippen LogP contribution is -2.50. The van der Waals surface area contributed by atoms with Gasteiger partial charge in [0.05, 0.1) is 17.4 Å². The van der Waals surface area contributed by atoms with Crippen molar-refractivity contribution in [2.24, 2.45) is 5.92 Å². The molecule has 0 spiro atoms. The zero-order valence-corrected chi connectivity index (χ0v) is 17.6. The monoisotopic (exact) mass is 409 g/mol. The van der Waals surface area contributed by atoms with Crippen molar-refractivity contribution in [3.63, 3.8) is 0 Å². The Hall–Kier alpha value is -2.44. The molecule has 1 rings (SSSR count). The van der Waals surface area contributed by atoms with E-state index in [1.54, 1.807) is 46.8 Å². The molecule has 8 nitrogen and oxygen atoms in total. The Morgan fingerprint density at radius 3 is 2.50 bits per heavy atom. The van der Waals surface area contributed by atoms with Crippen molar-refractivity contribution in [2.45, 2.75) is 51.5 Å². The Kier molecular flexibility index (Phi) is 8.14. The van der Waals surface area contributed by atoms with E-state index in [0.29, 0.717) is 5.56 Å². The lowest BCUT2D eigenvalue weighted by Gasteiger charge is -2.27. The number of benzene rings is 1. The molecule has 1 aromatic carbocycles. The fourth-order valence-electron chi connectivity index (χ4n) is 2.21. The molecule has 154 valence electrons. The van der Waals surface area contributed by atoms with Crippen LogP contribution in [-0.4, -0.2) is 39.0 Å². The maximum absolute atomic E-state index is 12.3. The first-order valence-electron chi connectivity index (χ1n) is 8.86. The van der Waals surface area contributed by atoms with Crippen LogP contribution < -0.4 is 10.0 Å². The molecule has 0 heterocycles. The molecule has 0 radical (unpaired) electrons. The summed E-state index contributed by atoms with van der Waals surface area (Å²) in [5, 5.41) is 11.7. The van der Waals surface area contributed by atoms with E-state index in [2.05, 4.69) is 10.0 Å². The van der Waals surface area contributed by atoms with Crippen LogP contribution in [0.25, 0.3) is 0 Å². The van der Waals surface area contributed by atoms with Crippen LogP contribution in [-0.2, 0) is 24.3 Å². The van der Waals surface area contributed by atoms with Gasteiger partial charge in [0.15, 0.2) is 6.61 Å². The number of hydrogen-bond acceptors (Lipinski definition) is 6. The van der Waals surface area contributed by atoms with E-state index >= 15 is 0 Å². The van der Waals surface area contributed by atoms with Gasteiger partial charge < -0.3 is 10.1 Å². The average molecular weight is 410 g/mol. The molecule has 1 atom stereocenters. The Morgan fingerprint density at radius 1 is 1.29 bits per heavy atom. The van der Waals surface area contributed by atoms with Crippen molar-refractivity contribution in [2.75, 3.05) is 13.2 Å². The molecule has 0 unspecified atom stereocenters. The predicted molar refractivity (Wildman–Crippen MR) is 104 cm³/mol. The highest BCUT2D eigenvalue weighted by Crippen LogP contribution is 2.16. The first kappa shape index (κ1) is 23.6. The lowest BCUT2D eigenvalue weighted by atomic mass is 9.90. The number of sulfonamides is 1.